The van der Waals surface area contributed by atoms with Gasteiger partial charge in [-0.05, 0) is 37.4 Å². The maximum atomic E-state index is 12.7. The van der Waals surface area contributed by atoms with Gasteiger partial charge in [0.15, 0.2) is 0 Å². The molecule has 0 radical (unpaired) electrons. The fourth-order valence-electron chi connectivity index (χ4n) is 4.49. The molecule has 0 aliphatic carbocycles. The molecule has 8 nitrogen and oxygen atoms in total. The molecule has 10 heteroatoms. The van der Waals surface area contributed by atoms with Gasteiger partial charge in [0.25, 0.3) is 0 Å². The molecule has 4 rings (SSSR count). The van der Waals surface area contributed by atoms with Gasteiger partial charge in [-0.15, -0.1) is 11.8 Å². The summed E-state index contributed by atoms with van der Waals surface area (Å²) >= 11 is 1.36. The Labute approximate surface area is 174 Å². The first-order valence-corrected chi connectivity index (χ1v) is 10.9. The van der Waals surface area contributed by atoms with Gasteiger partial charge in [-0.3, -0.25) is 4.79 Å². The Morgan fingerprint density at radius 2 is 2.28 bits per heavy atom. The molecule has 3 N–H and O–H groups in total. The van der Waals surface area contributed by atoms with Crippen LogP contribution in [0, 0.1) is 5.41 Å². The number of benzene rings is 1. The van der Waals surface area contributed by atoms with Crippen molar-refractivity contribution in [3.63, 3.8) is 0 Å². The monoisotopic (exact) mass is 420 g/mol. The van der Waals surface area contributed by atoms with E-state index in [0.29, 0.717) is 12.0 Å². The molecule has 1 spiro atoms. The van der Waals surface area contributed by atoms with Gasteiger partial charge < -0.3 is 29.7 Å². The molecule has 2 saturated heterocycles. The number of rotatable bonds is 5. The van der Waals surface area contributed by atoms with Gasteiger partial charge in [0.2, 0.25) is 5.91 Å². The Kier molecular flexibility index (Phi) is 5.68. The lowest BCUT2D eigenvalue weighted by Gasteiger charge is -2.29. The smallest absolute Gasteiger partial charge is 0.534 e. The molecule has 1 amide bonds. The Morgan fingerprint density at radius 1 is 1.45 bits per heavy atom. The number of hydrogen-bond acceptors (Lipinski definition) is 7. The van der Waals surface area contributed by atoms with Crippen molar-refractivity contribution >= 4 is 30.8 Å². The third-order valence-electron chi connectivity index (χ3n) is 6.16. The number of carboxylic acids is 1. The van der Waals surface area contributed by atoms with Gasteiger partial charge in [0, 0.05) is 25.0 Å². The molecule has 3 aliphatic heterocycles. The molecule has 1 aromatic carbocycles. The molecular formula is C19H25BN2O6S. The SMILES string of the molecule is COc1ccc2c(c1C(=O)O)OB(O)C(SCC(=O)N1CCC3(CCNC3)C1)C2. The lowest BCUT2D eigenvalue weighted by Crippen LogP contribution is -2.42. The van der Waals surface area contributed by atoms with Gasteiger partial charge >= 0.3 is 13.1 Å². The summed E-state index contributed by atoms with van der Waals surface area (Å²) in [5.41, 5.74) is 0.839. The normalized spacial score (nSPS) is 25.8. The van der Waals surface area contributed by atoms with Crippen molar-refractivity contribution in [2.24, 2.45) is 5.41 Å². The second-order valence-electron chi connectivity index (χ2n) is 7.99. The number of likely N-dealkylation sites (tertiary alicyclic amines) is 1. The van der Waals surface area contributed by atoms with E-state index < -0.39 is 13.1 Å². The fourth-order valence-corrected chi connectivity index (χ4v) is 5.55. The van der Waals surface area contributed by atoms with E-state index in [1.54, 1.807) is 12.1 Å². The van der Waals surface area contributed by atoms with Gasteiger partial charge in [0.1, 0.15) is 17.1 Å². The summed E-state index contributed by atoms with van der Waals surface area (Å²) in [6.45, 7) is 3.58. The highest BCUT2D eigenvalue weighted by Gasteiger charge is 2.43. The third kappa shape index (κ3) is 3.93. The molecule has 29 heavy (non-hydrogen) atoms. The predicted octanol–water partition coefficient (Wildman–Crippen LogP) is 0.662. The highest BCUT2D eigenvalue weighted by atomic mass is 32.2. The minimum absolute atomic E-state index is 0.0812. The summed E-state index contributed by atoms with van der Waals surface area (Å²) in [6.07, 6.45) is 2.58. The fraction of sp³-hybridized carbons (Fsp3) is 0.579. The van der Waals surface area contributed by atoms with Gasteiger partial charge in [0.05, 0.1) is 18.0 Å². The van der Waals surface area contributed by atoms with Crippen molar-refractivity contribution in [3.05, 3.63) is 23.3 Å². The van der Waals surface area contributed by atoms with Crippen molar-refractivity contribution in [2.45, 2.75) is 24.4 Å². The van der Waals surface area contributed by atoms with Crippen LogP contribution in [0.15, 0.2) is 12.1 Å². The van der Waals surface area contributed by atoms with E-state index in [9.17, 15) is 19.7 Å². The summed E-state index contributed by atoms with van der Waals surface area (Å²) in [4.78, 5) is 26.2. The molecule has 3 heterocycles. The molecular weight excluding hydrogens is 395 g/mol. The molecule has 0 saturated carbocycles. The largest absolute Gasteiger partial charge is 0.536 e. The van der Waals surface area contributed by atoms with Gasteiger partial charge in [-0.2, -0.15) is 0 Å². The van der Waals surface area contributed by atoms with E-state index in [1.165, 1.54) is 18.9 Å². The first-order valence-electron chi connectivity index (χ1n) is 9.80. The van der Waals surface area contributed by atoms with Crippen LogP contribution >= 0.6 is 11.8 Å². The molecule has 0 aromatic heterocycles. The first kappa shape index (κ1) is 20.4. The molecule has 2 atom stereocenters. The molecule has 2 unspecified atom stereocenters. The summed E-state index contributed by atoms with van der Waals surface area (Å²) < 4.78 is 10.7. The molecule has 2 fully saturated rings. The number of carbonyl (C=O) groups is 2. The zero-order valence-corrected chi connectivity index (χ0v) is 17.2. The second kappa shape index (κ2) is 8.08. The Morgan fingerprint density at radius 3 is 2.97 bits per heavy atom. The van der Waals surface area contributed by atoms with Crippen molar-refractivity contribution in [1.82, 2.24) is 10.2 Å². The number of amides is 1. The van der Waals surface area contributed by atoms with Crippen LogP contribution in [0.2, 0.25) is 0 Å². The molecule has 0 bridgehead atoms. The number of carbonyl (C=O) groups excluding carboxylic acids is 1. The minimum Gasteiger partial charge on any atom is -0.534 e. The van der Waals surface area contributed by atoms with Crippen LogP contribution in [0.5, 0.6) is 11.5 Å². The summed E-state index contributed by atoms with van der Waals surface area (Å²) in [5, 5.41) is 23.0. The number of thioether (sulfide) groups is 1. The zero-order chi connectivity index (χ0) is 20.6. The average molecular weight is 420 g/mol. The van der Waals surface area contributed by atoms with Crippen LogP contribution in [0.3, 0.4) is 0 Å². The number of carboxylic acid groups (broad SMARTS) is 1. The van der Waals surface area contributed by atoms with Crippen LogP contribution in [0.1, 0.15) is 28.8 Å². The number of aromatic carboxylic acids is 1. The minimum atomic E-state index is -1.19. The van der Waals surface area contributed by atoms with Gasteiger partial charge in [-0.1, -0.05) is 6.07 Å². The van der Waals surface area contributed by atoms with Gasteiger partial charge in [-0.25, -0.2) is 4.79 Å². The molecule has 1 aromatic rings. The van der Waals surface area contributed by atoms with Crippen LogP contribution in [-0.2, 0) is 11.2 Å². The van der Waals surface area contributed by atoms with E-state index in [-0.39, 0.29) is 39.3 Å². The predicted molar refractivity (Wildman–Crippen MR) is 110 cm³/mol. The number of methoxy groups -OCH3 is 1. The Balaban J connectivity index is 1.39. The van der Waals surface area contributed by atoms with E-state index in [1.807, 2.05) is 4.90 Å². The van der Waals surface area contributed by atoms with E-state index >= 15 is 0 Å². The quantitative estimate of drug-likeness (QED) is 0.597. The van der Waals surface area contributed by atoms with E-state index in [2.05, 4.69) is 5.32 Å². The van der Waals surface area contributed by atoms with Crippen LogP contribution in [0.4, 0.5) is 0 Å². The Hall–Kier alpha value is -1.91. The number of hydrogen-bond donors (Lipinski definition) is 3. The van der Waals surface area contributed by atoms with Crippen molar-refractivity contribution < 1.29 is 29.1 Å². The van der Waals surface area contributed by atoms with Crippen molar-refractivity contribution in [1.29, 1.82) is 0 Å². The number of ether oxygens (including phenoxy) is 1. The summed E-state index contributed by atoms with van der Waals surface area (Å²) in [5.74, 6) is -0.489. The number of nitrogens with zero attached hydrogens (tertiary/aromatic N) is 1. The zero-order valence-electron chi connectivity index (χ0n) is 16.3. The third-order valence-corrected chi connectivity index (χ3v) is 7.40. The number of fused-ring (bicyclic) bond motifs is 1. The summed E-state index contributed by atoms with van der Waals surface area (Å²) in [7, 11) is 0.205. The highest BCUT2D eigenvalue weighted by molar-refractivity contribution is 8.01. The van der Waals surface area contributed by atoms with Crippen LogP contribution < -0.4 is 14.7 Å². The Bertz CT molecular complexity index is 816. The maximum Gasteiger partial charge on any atom is 0.536 e. The van der Waals surface area contributed by atoms with Crippen LogP contribution in [-0.4, -0.2) is 78.2 Å². The lowest BCUT2D eigenvalue weighted by molar-refractivity contribution is -0.127. The van der Waals surface area contributed by atoms with E-state index in [4.69, 9.17) is 9.39 Å². The lowest BCUT2D eigenvalue weighted by atomic mass is 9.77. The molecule has 156 valence electrons. The maximum absolute atomic E-state index is 12.7. The van der Waals surface area contributed by atoms with E-state index in [0.717, 1.165) is 39.0 Å². The second-order valence-corrected chi connectivity index (χ2v) is 9.22. The summed E-state index contributed by atoms with van der Waals surface area (Å²) in [6, 6.07) is 3.34. The van der Waals surface area contributed by atoms with Crippen molar-refractivity contribution in [2.75, 3.05) is 39.0 Å². The highest BCUT2D eigenvalue weighted by Crippen LogP contribution is 2.39. The topological polar surface area (TPSA) is 108 Å². The first-order chi connectivity index (χ1) is 13.9. The standard InChI is InChI=1S/C19H25BN2O6S/c1-27-13-3-2-12-8-14(20(26)28-17(12)16(13)18(24)25)29-9-15(23)22-7-5-19(11-22)4-6-21-10-19/h2-3,14,21,26H,4-11H2,1H3,(H,24,25). The van der Waals surface area contributed by atoms with Crippen LogP contribution in [0.25, 0.3) is 0 Å². The average Bonchev–Trinajstić information content (AvgIpc) is 3.35. The number of nitrogens with one attached hydrogen (secondary N) is 1. The molecule has 3 aliphatic rings. The van der Waals surface area contributed by atoms with Crippen molar-refractivity contribution in [3.8, 4) is 11.5 Å².